The topological polar surface area (TPSA) is 58.5 Å². The third kappa shape index (κ3) is 2.12. The molecule has 14 heavy (non-hydrogen) atoms. The lowest BCUT2D eigenvalue weighted by Crippen LogP contribution is -2.09. The second kappa shape index (κ2) is 3.95. The summed E-state index contributed by atoms with van der Waals surface area (Å²) in [7, 11) is 0. The molecule has 2 N–H and O–H groups in total. The molecular formula is C9H13N5. The van der Waals surface area contributed by atoms with Gasteiger partial charge >= 0.3 is 0 Å². The molecule has 2 aromatic rings. The van der Waals surface area contributed by atoms with Gasteiger partial charge in [0.15, 0.2) is 5.95 Å². The van der Waals surface area contributed by atoms with Crippen LogP contribution in [0.5, 0.6) is 0 Å². The molecule has 2 aromatic heterocycles. The molecule has 2 rings (SSSR count). The molecule has 0 saturated heterocycles. The summed E-state index contributed by atoms with van der Waals surface area (Å²) in [6.45, 7) is 3.71. The Morgan fingerprint density at radius 3 is 3.14 bits per heavy atom. The molecule has 74 valence electrons. The number of anilines is 1. The zero-order valence-electron chi connectivity index (χ0n) is 8.07. The summed E-state index contributed by atoms with van der Waals surface area (Å²) in [4.78, 5) is 11.2. The first-order valence-electron chi connectivity index (χ1n) is 4.56. The lowest BCUT2D eigenvalue weighted by Gasteiger charge is -2.02. The maximum Gasteiger partial charge on any atom is 0.200 e. The van der Waals surface area contributed by atoms with E-state index in [2.05, 4.69) is 20.3 Å². The fraction of sp³-hybridized carbons (Fsp3) is 0.333. The lowest BCUT2D eigenvalue weighted by atomic mass is 10.6. The van der Waals surface area contributed by atoms with Crippen molar-refractivity contribution in [2.24, 2.45) is 0 Å². The highest BCUT2D eigenvalue weighted by molar-refractivity contribution is 5.25. The number of aromatic nitrogens is 4. The van der Waals surface area contributed by atoms with Crippen LogP contribution in [0.4, 0.5) is 5.95 Å². The Kier molecular flexibility index (Phi) is 2.48. The minimum absolute atomic E-state index is 0.822. The maximum absolute atomic E-state index is 4.14. The summed E-state index contributed by atoms with van der Waals surface area (Å²) in [5.74, 6) is 0.822. The minimum Gasteiger partial charge on any atom is -0.354 e. The van der Waals surface area contributed by atoms with E-state index in [1.165, 1.54) is 0 Å². The number of imidazole rings is 2. The average molecular weight is 191 g/mol. The summed E-state index contributed by atoms with van der Waals surface area (Å²) >= 11 is 0. The first-order chi connectivity index (χ1) is 6.84. The van der Waals surface area contributed by atoms with Crippen molar-refractivity contribution in [2.75, 3.05) is 11.9 Å². The Labute approximate surface area is 82.2 Å². The van der Waals surface area contributed by atoms with Crippen LogP contribution < -0.4 is 5.32 Å². The number of nitrogens with zero attached hydrogens (tertiary/aromatic N) is 3. The van der Waals surface area contributed by atoms with Crippen molar-refractivity contribution in [3.63, 3.8) is 0 Å². The molecule has 0 bridgehead atoms. The monoisotopic (exact) mass is 191 g/mol. The molecule has 0 spiro atoms. The van der Waals surface area contributed by atoms with Crippen LogP contribution in [0, 0.1) is 6.92 Å². The molecule has 0 saturated carbocycles. The molecule has 0 aliphatic carbocycles. The van der Waals surface area contributed by atoms with Crippen molar-refractivity contribution in [2.45, 2.75) is 13.5 Å². The molecule has 5 heteroatoms. The summed E-state index contributed by atoms with van der Waals surface area (Å²) in [6.07, 6.45) is 7.32. The van der Waals surface area contributed by atoms with E-state index in [1.807, 2.05) is 17.7 Å². The van der Waals surface area contributed by atoms with Gasteiger partial charge < -0.3 is 14.9 Å². The van der Waals surface area contributed by atoms with Crippen LogP contribution >= 0.6 is 0 Å². The second-order valence-electron chi connectivity index (χ2n) is 3.14. The summed E-state index contributed by atoms with van der Waals surface area (Å²) < 4.78 is 2.02. The van der Waals surface area contributed by atoms with Crippen LogP contribution in [0.1, 0.15) is 5.69 Å². The van der Waals surface area contributed by atoms with Crippen LogP contribution in [0.25, 0.3) is 0 Å². The molecule has 0 aliphatic rings. The quantitative estimate of drug-likeness (QED) is 0.758. The minimum atomic E-state index is 0.822. The fourth-order valence-electron chi connectivity index (χ4n) is 1.22. The number of rotatable bonds is 4. The van der Waals surface area contributed by atoms with E-state index in [-0.39, 0.29) is 0 Å². The lowest BCUT2D eigenvalue weighted by molar-refractivity contribution is 0.724. The van der Waals surface area contributed by atoms with Gasteiger partial charge in [0.05, 0.1) is 6.33 Å². The van der Waals surface area contributed by atoms with Crippen LogP contribution in [0.2, 0.25) is 0 Å². The third-order valence-corrected chi connectivity index (χ3v) is 1.92. The molecule has 0 aliphatic heterocycles. The molecule has 5 nitrogen and oxygen atoms in total. The summed E-state index contributed by atoms with van der Waals surface area (Å²) in [6, 6.07) is 0. The third-order valence-electron chi connectivity index (χ3n) is 1.92. The first kappa shape index (κ1) is 8.80. The van der Waals surface area contributed by atoms with Crippen molar-refractivity contribution < 1.29 is 0 Å². The smallest absolute Gasteiger partial charge is 0.200 e. The van der Waals surface area contributed by atoms with Gasteiger partial charge in [0.25, 0.3) is 0 Å². The van der Waals surface area contributed by atoms with Gasteiger partial charge in [0.2, 0.25) is 0 Å². The van der Waals surface area contributed by atoms with Crippen molar-refractivity contribution >= 4 is 5.95 Å². The molecule has 0 atom stereocenters. The van der Waals surface area contributed by atoms with Crippen LogP contribution in [-0.2, 0) is 6.54 Å². The van der Waals surface area contributed by atoms with Gasteiger partial charge in [0, 0.05) is 37.4 Å². The van der Waals surface area contributed by atoms with E-state index < -0.39 is 0 Å². The van der Waals surface area contributed by atoms with E-state index in [0.717, 1.165) is 24.7 Å². The predicted octanol–water partition coefficient (Wildman–Crippen LogP) is 1.03. The van der Waals surface area contributed by atoms with Crippen LogP contribution in [0.3, 0.4) is 0 Å². The molecule has 0 aromatic carbocycles. The molecule has 0 fully saturated rings. The highest BCUT2D eigenvalue weighted by atomic mass is 15.1. The van der Waals surface area contributed by atoms with Crippen molar-refractivity contribution in [1.29, 1.82) is 0 Å². The van der Waals surface area contributed by atoms with Crippen molar-refractivity contribution in [1.82, 2.24) is 19.5 Å². The van der Waals surface area contributed by atoms with Gasteiger partial charge in [-0.3, -0.25) is 0 Å². The Hall–Kier alpha value is -1.78. The molecule has 0 amide bonds. The van der Waals surface area contributed by atoms with Crippen molar-refractivity contribution in [3.05, 3.63) is 30.6 Å². The van der Waals surface area contributed by atoms with Crippen LogP contribution in [-0.4, -0.2) is 26.1 Å². The van der Waals surface area contributed by atoms with Crippen LogP contribution in [0.15, 0.2) is 24.9 Å². The van der Waals surface area contributed by atoms with E-state index in [0.29, 0.717) is 0 Å². The first-order valence-corrected chi connectivity index (χ1v) is 4.56. The normalized spacial score (nSPS) is 10.4. The second-order valence-corrected chi connectivity index (χ2v) is 3.14. The maximum atomic E-state index is 4.14. The zero-order valence-corrected chi connectivity index (χ0v) is 8.07. The summed E-state index contributed by atoms with van der Waals surface area (Å²) in [5.41, 5.74) is 1.06. The SMILES string of the molecule is Cc1cnc(NCCn2ccnc2)[nH]1. The van der Waals surface area contributed by atoms with Gasteiger partial charge in [0.1, 0.15) is 0 Å². The van der Waals surface area contributed by atoms with Crippen molar-refractivity contribution in [3.8, 4) is 0 Å². The van der Waals surface area contributed by atoms with Gasteiger partial charge in [-0.05, 0) is 6.92 Å². The highest BCUT2D eigenvalue weighted by Gasteiger charge is 1.95. The molecule has 2 heterocycles. The Morgan fingerprint density at radius 1 is 1.57 bits per heavy atom. The van der Waals surface area contributed by atoms with E-state index in [4.69, 9.17) is 0 Å². The predicted molar refractivity (Wildman–Crippen MR) is 54.0 cm³/mol. The Morgan fingerprint density at radius 2 is 2.50 bits per heavy atom. The fourth-order valence-corrected chi connectivity index (χ4v) is 1.22. The number of aromatic amines is 1. The van der Waals surface area contributed by atoms with Gasteiger partial charge in [-0.25, -0.2) is 9.97 Å². The van der Waals surface area contributed by atoms with E-state index >= 15 is 0 Å². The Bertz CT molecular complexity index is 376. The van der Waals surface area contributed by atoms with Gasteiger partial charge in [-0.1, -0.05) is 0 Å². The molecular weight excluding hydrogens is 178 g/mol. The van der Waals surface area contributed by atoms with Gasteiger partial charge in [-0.15, -0.1) is 0 Å². The molecule has 0 radical (unpaired) electrons. The van der Waals surface area contributed by atoms with E-state index in [1.54, 1.807) is 18.7 Å². The standard InChI is InChI=1S/C9H13N5/c1-8-6-12-9(13-8)11-3-5-14-4-2-10-7-14/h2,4,6-7H,3,5H2,1H3,(H2,11,12,13). The zero-order chi connectivity index (χ0) is 9.80. The average Bonchev–Trinajstić information content (AvgIpc) is 2.77. The van der Waals surface area contributed by atoms with E-state index in [9.17, 15) is 0 Å². The number of hydrogen-bond donors (Lipinski definition) is 2. The Balaban J connectivity index is 1.78. The summed E-state index contributed by atoms with van der Waals surface area (Å²) in [5, 5.41) is 3.19. The highest BCUT2D eigenvalue weighted by Crippen LogP contribution is 1.99. The number of hydrogen-bond acceptors (Lipinski definition) is 3. The number of H-pyrrole nitrogens is 1. The number of aryl methyl sites for hydroxylation is 1. The number of nitrogens with one attached hydrogen (secondary N) is 2. The molecule has 0 unspecified atom stereocenters. The van der Waals surface area contributed by atoms with Gasteiger partial charge in [-0.2, -0.15) is 0 Å². The largest absolute Gasteiger partial charge is 0.354 e.